The van der Waals surface area contributed by atoms with Crippen molar-refractivity contribution in [2.45, 2.75) is 31.8 Å². The van der Waals surface area contributed by atoms with E-state index in [1.165, 1.54) is 0 Å². The molecule has 0 unspecified atom stereocenters. The maximum absolute atomic E-state index is 10.8. The third-order valence-electron chi connectivity index (χ3n) is 2.15. The Labute approximate surface area is 65.3 Å². The second-order valence-corrected chi connectivity index (χ2v) is 2.94. The highest BCUT2D eigenvalue weighted by molar-refractivity contribution is 5.72. The van der Waals surface area contributed by atoms with Gasteiger partial charge in [0.15, 0.2) is 0 Å². The van der Waals surface area contributed by atoms with Gasteiger partial charge in [-0.05, 0) is 25.7 Å². The zero-order valence-electron chi connectivity index (χ0n) is 6.32. The summed E-state index contributed by atoms with van der Waals surface area (Å²) in [5.74, 6) is 4.28. The molecule has 0 bridgehead atoms. The summed E-state index contributed by atoms with van der Waals surface area (Å²) in [6.07, 6.45) is 2.50. The van der Waals surface area contributed by atoms with Gasteiger partial charge in [-0.2, -0.15) is 5.90 Å². The van der Waals surface area contributed by atoms with Crippen molar-refractivity contribution < 1.29 is 14.7 Å². The Balaban J connectivity index is 2.33. The van der Waals surface area contributed by atoms with Crippen LogP contribution in [0, 0.1) is 5.92 Å². The topological polar surface area (TPSA) is 72.5 Å². The van der Waals surface area contributed by atoms with Crippen molar-refractivity contribution in [1.82, 2.24) is 0 Å². The Hall–Kier alpha value is -0.610. The van der Waals surface area contributed by atoms with E-state index in [1.807, 2.05) is 0 Å². The monoisotopic (exact) mass is 159 g/mol. The van der Waals surface area contributed by atoms with Gasteiger partial charge in [0.05, 0.1) is 12.0 Å². The smallest absolute Gasteiger partial charge is 0.327 e. The minimum absolute atomic E-state index is 0.0941. The van der Waals surface area contributed by atoms with Gasteiger partial charge < -0.3 is 9.94 Å². The summed E-state index contributed by atoms with van der Waals surface area (Å²) in [5, 5.41) is 9.10. The van der Waals surface area contributed by atoms with Crippen LogP contribution in [0.1, 0.15) is 25.7 Å². The summed E-state index contributed by atoms with van der Waals surface area (Å²) in [6.45, 7) is 0. The Morgan fingerprint density at radius 1 is 1.36 bits per heavy atom. The molecule has 0 aromatic rings. The van der Waals surface area contributed by atoms with E-state index in [9.17, 15) is 4.79 Å². The van der Waals surface area contributed by atoms with Crippen LogP contribution in [0.3, 0.4) is 0 Å². The van der Waals surface area contributed by atoms with Crippen LogP contribution in [-0.4, -0.2) is 17.2 Å². The van der Waals surface area contributed by atoms with Gasteiger partial charge in [0.25, 0.3) is 0 Å². The van der Waals surface area contributed by atoms with Crippen molar-refractivity contribution in [3.05, 3.63) is 0 Å². The second-order valence-electron chi connectivity index (χ2n) is 2.94. The van der Waals surface area contributed by atoms with Gasteiger partial charge >= 0.3 is 5.97 Å². The molecule has 0 saturated heterocycles. The molecule has 64 valence electrons. The van der Waals surface area contributed by atoms with Crippen molar-refractivity contribution in [2.24, 2.45) is 11.8 Å². The number of aliphatic hydroxyl groups excluding tert-OH is 1. The lowest BCUT2D eigenvalue weighted by Gasteiger charge is -2.22. The lowest BCUT2D eigenvalue weighted by molar-refractivity contribution is -0.150. The number of hydrogen-bond donors (Lipinski definition) is 2. The number of rotatable bonds is 1. The Morgan fingerprint density at radius 3 is 2.36 bits per heavy atom. The van der Waals surface area contributed by atoms with Crippen LogP contribution in [0.15, 0.2) is 0 Å². The molecule has 0 aromatic heterocycles. The maximum Gasteiger partial charge on any atom is 0.327 e. The first-order chi connectivity index (χ1) is 5.24. The molecule has 0 radical (unpaired) electrons. The SMILES string of the molecule is NOC(=O)C1CCC(O)CC1. The average molecular weight is 159 g/mol. The zero-order chi connectivity index (χ0) is 8.27. The first kappa shape index (κ1) is 8.49. The number of carbonyl (C=O) groups is 1. The molecular weight excluding hydrogens is 146 g/mol. The molecule has 0 heterocycles. The third kappa shape index (κ3) is 2.17. The number of nitrogens with two attached hydrogens (primary N) is 1. The fraction of sp³-hybridized carbons (Fsp3) is 0.857. The largest absolute Gasteiger partial charge is 0.393 e. The highest BCUT2D eigenvalue weighted by atomic mass is 16.7. The fourth-order valence-corrected chi connectivity index (χ4v) is 1.41. The van der Waals surface area contributed by atoms with Gasteiger partial charge in [-0.15, -0.1) is 0 Å². The number of aliphatic hydroxyl groups is 1. The van der Waals surface area contributed by atoms with Crippen molar-refractivity contribution >= 4 is 5.97 Å². The standard InChI is InChI=1S/C7H13NO3/c8-11-7(10)5-1-3-6(9)4-2-5/h5-6,9H,1-4,8H2. The third-order valence-corrected chi connectivity index (χ3v) is 2.15. The molecule has 1 fully saturated rings. The van der Waals surface area contributed by atoms with E-state index in [4.69, 9.17) is 11.0 Å². The Bertz CT molecular complexity index is 141. The van der Waals surface area contributed by atoms with Gasteiger partial charge in [0, 0.05) is 0 Å². The molecule has 1 rings (SSSR count). The second kappa shape index (κ2) is 3.69. The lowest BCUT2D eigenvalue weighted by Crippen LogP contribution is -2.27. The van der Waals surface area contributed by atoms with Crippen LogP contribution in [0.4, 0.5) is 0 Å². The van der Waals surface area contributed by atoms with Gasteiger partial charge in [-0.1, -0.05) is 0 Å². The molecule has 4 nitrogen and oxygen atoms in total. The fourth-order valence-electron chi connectivity index (χ4n) is 1.41. The molecule has 0 aromatic carbocycles. The van der Waals surface area contributed by atoms with Crippen LogP contribution in [0.2, 0.25) is 0 Å². The summed E-state index contributed by atoms with van der Waals surface area (Å²) < 4.78 is 0. The minimum atomic E-state index is -0.350. The van der Waals surface area contributed by atoms with Gasteiger partial charge in [-0.3, -0.25) is 4.79 Å². The van der Waals surface area contributed by atoms with Crippen molar-refractivity contribution in [1.29, 1.82) is 0 Å². The van der Waals surface area contributed by atoms with Crippen molar-refractivity contribution in [3.8, 4) is 0 Å². The van der Waals surface area contributed by atoms with Gasteiger partial charge in [-0.25, -0.2) is 0 Å². The molecule has 0 amide bonds. The molecule has 1 aliphatic rings. The zero-order valence-corrected chi connectivity index (χ0v) is 6.32. The summed E-state index contributed by atoms with van der Waals surface area (Å²) in [7, 11) is 0. The van der Waals surface area contributed by atoms with Gasteiger partial charge in [0.2, 0.25) is 0 Å². The highest BCUT2D eigenvalue weighted by Gasteiger charge is 2.25. The molecular formula is C7H13NO3. The van der Waals surface area contributed by atoms with Crippen molar-refractivity contribution in [2.75, 3.05) is 0 Å². The van der Waals surface area contributed by atoms with Crippen LogP contribution < -0.4 is 5.90 Å². The number of carbonyl (C=O) groups excluding carboxylic acids is 1. The first-order valence-corrected chi connectivity index (χ1v) is 3.82. The van der Waals surface area contributed by atoms with E-state index >= 15 is 0 Å². The highest BCUT2D eigenvalue weighted by Crippen LogP contribution is 2.24. The van der Waals surface area contributed by atoms with E-state index in [0.29, 0.717) is 25.7 Å². The van der Waals surface area contributed by atoms with Crippen LogP contribution in [0.5, 0.6) is 0 Å². The van der Waals surface area contributed by atoms with E-state index in [1.54, 1.807) is 0 Å². The van der Waals surface area contributed by atoms with Crippen LogP contribution in [-0.2, 0) is 9.63 Å². The van der Waals surface area contributed by atoms with E-state index in [0.717, 1.165) is 0 Å². The molecule has 0 aliphatic heterocycles. The predicted molar refractivity (Wildman–Crippen MR) is 38.2 cm³/mol. The summed E-state index contributed by atoms with van der Waals surface area (Å²) >= 11 is 0. The van der Waals surface area contributed by atoms with E-state index < -0.39 is 0 Å². The van der Waals surface area contributed by atoms with Gasteiger partial charge in [0.1, 0.15) is 0 Å². The molecule has 1 aliphatic carbocycles. The summed E-state index contributed by atoms with van der Waals surface area (Å²) in [6, 6.07) is 0. The summed E-state index contributed by atoms with van der Waals surface area (Å²) in [5.41, 5.74) is 0. The first-order valence-electron chi connectivity index (χ1n) is 3.82. The molecule has 0 atom stereocenters. The molecule has 11 heavy (non-hydrogen) atoms. The average Bonchev–Trinajstić information content (AvgIpc) is 2.05. The van der Waals surface area contributed by atoms with E-state index in [-0.39, 0.29) is 18.0 Å². The molecule has 4 heteroatoms. The summed E-state index contributed by atoms with van der Waals surface area (Å²) in [4.78, 5) is 14.9. The van der Waals surface area contributed by atoms with Crippen molar-refractivity contribution in [3.63, 3.8) is 0 Å². The maximum atomic E-state index is 10.8. The molecule has 1 saturated carbocycles. The lowest BCUT2D eigenvalue weighted by atomic mass is 9.88. The van der Waals surface area contributed by atoms with Crippen LogP contribution >= 0.6 is 0 Å². The van der Waals surface area contributed by atoms with E-state index in [2.05, 4.69) is 4.84 Å². The molecule has 0 spiro atoms. The number of hydrogen-bond acceptors (Lipinski definition) is 4. The molecule has 3 N–H and O–H groups in total. The Kier molecular flexibility index (Phi) is 2.84. The predicted octanol–water partition coefficient (Wildman–Crippen LogP) is -0.0456. The minimum Gasteiger partial charge on any atom is -0.393 e. The Morgan fingerprint density at radius 2 is 1.91 bits per heavy atom. The quantitative estimate of drug-likeness (QED) is 0.526. The normalized spacial score (nSPS) is 31.5. The van der Waals surface area contributed by atoms with Crippen LogP contribution in [0.25, 0.3) is 0 Å².